The van der Waals surface area contributed by atoms with Gasteiger partial charge in [0.15, 0.2) is 0 Å². The molecule has 0 atom stereocenters. The lowest BCUT2D eigenvalue weighted by Gasteiger charge is -2.41. The van der Waals surface area contributed by atoms with Gasteiger partial charge in [0, 0.05) is 22.7 Å². The molecule has 2 aliphatic rings. The molecule has 0 aliphatic carbocycles. The fourth-order valence-electron chi connectivity index (χ4n) is 8.36. The monoisotopic (exact) mass is 658 g/mol. The molecule has 2 aromatic heterocycles. The average molecular weight is 659 g/mol. The Bertz CT molecular complexity index is 2400. The highest BCUT2D eigenvalue weighted by Gasteiger charge is 2.49. The average Bonchev–Trinajstić information content (AvgIpc) is 3.35. The number of aromatic nitrogens is 2. The van der Waals surface area contributed by atoms with Crippen molar-refractivity contribution in [3.8, 4) is 22.4 Å². The Morgan fingerprint density at radius 2 is 1.10 bits per heavy atom. The van der Waals surface area contributed by atoms with Crippen molar-refractivity contribution in [2.75, 3.05) is 9.80 Å². The third-order valence-corrected chi connectivity index (χ3v) is 12.1. The van der Waals surface area contributed by atoms with Crippen LogP contribution in [0.2, 0.25) is 0 Å². The van der Waals surface area contributed by atoms with E-state index >= 15 is 0 Å². The second-order valence-corrected chi connectivity index (χ2v) is 16.0. The van der Waals surface area contributed by atoms with Gasteiger partial charge in [-0.25, -0.2) is 4.98 Å². The van der Waals surface area contributed by atoms with Crippen LogP contribution in [0.5, 0.6) is 0 Å². The predicted molar refractivity (Wildman–Crippen MR) is 213 cm³/mol. The molecule has 2 aliphatic heterocycles. The highest BCUT2D eigenvalue weighted by Crippen LogP contribution is 2.47. The summed E-state index contributed by atoms with van der Waals surface area (Å²) >= 11 is 0. The van der Waals surface area contributed by atoms with E-state index in [-0.39, 0.29) is 22.2 Å². The molecule has 0 amide bonds. The Morgan fingerprint density at radius 1 is 0.500 bits per heavy atom. The van der Waals surface area contributed by atoms with Gasteiger partial charge in [-0.05, 0) is 126 Å². The van der Waals surface area contributed by atoms with E-state index in [1.165, 1.54) is 37.9 Å². The lowest BCUT2D eigenvalue weighted by atomic mass is 9.83. The van der Waals surface area contributed by atoms with E-state index in [2.05, 4.69) is 164 Å². The van der Waals surface area contributed by atoms with E-state index in [1.807, 2.05) is 12.4 Å². The van der Waals surface area contributed by atoms with Crippen molar-refractivity contribution in [3.05, 3.63) is 97.3 Å². The van der Waals surface area contributed by atoms with Crippen LogP contribution >= 0.6 is 0 Å². The lowest BCUT2D eigenvalue weighted by molar-refractivity contribution is 0.337. The summed E-state index contributed by atoms with van der Waals surface area (Å²) in [6.45, 7) is 22.0. The summed E-state index contributed by atoms with van der Waals surface area (Å²) in [6, 6.07) is 30.7. The molecular formula is C44H46N6. The summed E-state index contributed by atoms with van der Waals surface area (Å²) in [5.74, 6) is 2.92. The quantitative estimate of drug-likeness (QED) is 0.140. The number of fused-ring (bicyclic) bond motifs is 4. The topological polar surface area (TPSA) is 57.0 Å². The highest BCUT2D eigenvalue weighted by atomic mass is 15.4. The molecule has 6 aromatic rings. The Balaban J connectivity index is 1.34. The Labute approximate surface area is 295 Å². The number of hydrogen-bond donors (Lipinski definition) is 0. The zero-order valence-corrected chi connectivity index (χ0v) is 30.9. The second-order valence-electron chi connectivity index (χ2n) is 16.0. The molecule has 0 saturated carbocycles. The third-order valence-electron chi connectivity index (χ3n) is 12.1. The maximum Gasteiger partial charge on any atom is 0.134 e. The van der Waals surface area contributed by atoms with Gasteiger partial charge < -0.3 is 9.80 Å². The molecule has 4 heterocycles. The first-order valence-corrected chi connectivity index (χ1v) is 17.7. The maximum atomic E-state index is 5.21. The van der Waals surface area contributed by atoms with E-state index in [0.29, 0.717) is 0 Å². The number of benzene rings is 4. The second kappa shape index (κ2) is 10.7. The molecule has 252 valence electrons. The molecule has 6 heteroatoms. The maximum absolute atomic E-state index is 5.21. The van der Waals surface area contributed by atoms with E-state index < -0.39 is 0 Å². The van der Waals surface area contributed by atoms with Crippen molar-refractivity contribution in [1.82, 2.24) is 9.97 Å². The number of nitrogens with zero attached hydrogens (tertiary/aromatic N) is 6. The van der Waals surface area contributed by atoms with Gasteiger partial charge in [-0.15, -0.1) is 0 Å². The number of pyridine rings is 2. The van der Waals surface area contributed by atoms with Crippen LogP contribution in [0.4, 0.5) is 11.5 Å². The van der Waals surface area contributed by atoms with Crippen LogP contribution in [0.15, 0.2) is 107 Å². The minimum absolute atomic E-state index is 0.187. The fraction of sp³-hybridized carbons (Fsp3) is 0.318. The molecule has 0 N–H and O–H groups in total. The van der Waals surface area contributed by atoms with E-state index in [9.17, 15) is 0 Å². The van der Waals surface area contributed by atoms with Crippen molar-refractivity contribution >= 4 is 55.5 Å². The van der Waals surface area contributed by atoms with Crippen molar-refractivity contribution in [1.29, 1.82) is 0 Å². The zero-order chi connectivity index (χ0) is 35.4. The Morgan fingerprint density at radius 3 is 1.66 bits per heavy atom. The standard InChI is InChI=1S/C44H46N6/c1-27-47-41(3,4)43(7,8)49(27)31-21-23-36(45-26-31)40-34-18-14-13-17-33(34)38(35-22-19-29-15-11-12-16-32(29)39(35)40)30-20-24-37(46-25-30)50-28(2)48-42(5,6)44(50,9)10/h11-26H,1-10H3. The first-order chi connectivity index (χ1) is 23.6. The number of anilines is 2. The van der Waals surface area contributed by atoms with Crippen LogP contribution in [0.3, 0.4) is 0 Å². The van der Waals surface area contributed by atoms with Gasteiger partial charge in [-0.3, -0.25) is 15.0 Å². The van der Waals surface area contributed by atoms with Crippen LogP contribution in [0.25, 0.3) is 54.7 Å². The van der Waals surface area contributed by atoms with Gasteiger partial charge in [0.25, 0.3) is 0 Å². The molecule has 50 heavy (non-hydrogen) atoms. The molecular weight excluding hydrogens is 613 g/mol. The minimum Gasteiger partial charge on any atom is -0.321 e. The zero-order valence-electron chi connectivity index (χ0n) is 30.9. The Kier molecular flexibility index (Phi) is 6.87. The molecule has 0 radical (unpaired) electrons. The summed E-state index contributed by atoms with van der Waals surface area (Å²) < 4.78 is 0. The normalized spacial score (nSPS) is 19.0. The number of hydrogen-bond acceptors (Lipinski definition) is 6. The van der Waals surface area contributed by atoms with Crippen molar-refractivity contribution in [2.45, 2.75) is 91.4 Å². The lowest BCUT2D eigenvalue weighted by Crippen LogP contribution is -2.53. The summed E-state index contributed by atoms with van der Waals surface area (Å²) in [4.78, 5) is 24.9. The summed E-state index contributed by atoms with van der Waals surface area (Å²) in [5, 5.41) is 7.14. The first kappa shape index (κ1) is 32.1. The first-order valence-electron chi connectivity index (χ1n) is 17.7. The van der Waals surface area contributed by atoms with Crippen molar-refractivity contribution in [3.63, 3.8) is 0 Å². The van der Waals surface area contributed by atoms with Gasteiger partial charge >= 0.3 is 0 Å². The van der Waals surface area contributed by atoms with E-state index in [0.717, 1.165) is 40.0 Å². The molecule has 0 spiro atoms. The van der Waals surface area contributed by atoms with Gasteiger partial charge in [-0.2, -0.15) is 0 Å². The van der Waals surface area contributed by atoms with Gasteiger partial charge in [0.1, 0.15) is 17.5 Å². The molecule has 0 fully saturated rings. The molecule has 0 unspecified atom stereocenters. The SMILES string of the molecule is CC1=NC(C)(C)C(C)(C)N1c1ccc(-c2c3ccccc3c(-c3ccc(N4C(C)=NC(C)(C)C4(C)C)nc3)c3ccc4ccccc4c23)nc1. The van der Waals surface area contributed by atoms with Crippen LogP contribution in [-0.4, -0.2) is 43.8 Å². The number of amidine groups is 2. The number of rotatable bonds is 4. The van der Waals surface area contributed by atoms with Gasteiger partial charge in [0.05, 0.1) is 39.7 Å². The molecule has 0 saturated heterocycles. The van der Waals surface area contributed by atoms with Crippen LogP contribution < -0.4 is 9.80 Å². The van der Waals surface area contributed by atoms with Crippen LogP contribution in [-0.2, 0) is 0 Å². The minimum atomic E-state index is -0.222. The van der Waals surface area contributed by atoms with Crippen LogP contribution in [0, 0.1) is 0 Å². The van der Waals surface area contributed by atoms with E-state index in [1.54, 1.807) is 0 Å². The van der Waals surface area contributed by atoms with Crippen LogP contribution in [0.1, 0.15) is 69.2 Å². The molecule has 0 bridgehead atoms. The highest BCUT2D eigenvalue weighted by molar-refractivity contribution is 6.27. The molecule has 4 aromatic carbocycles. The number of aliphatic imine (C=N–C) groups is 2. The summed E-state index contributed by atoms with van der Waals surface area (Å²) in [5.41, 5.74) is 4.58. The van der Waals surface area contributed by atoms with Crippen molar-refractivity contribution in [2.24, 2.45) is 9.98 Å². The van der Waals surface area contributed by atoms with Gasteiger partial charge in [0.2, 0.25) is 0 Å². The third kappa shape index (κ3) is 4.46. The van der Waals surface area contributed by atoms with E-state index in [4.69, 9.17) is 20.0 Å². The smallest absolute Gasteiger partial charge is 0.134 e. The molecule has 6 nitrogen and oxygen atoms in total. The fourth-order valence-corrected chi connectivity index (χ4v) is 8.36. The summed E-state index contributed by atoms with van der Waals surface area (Å²) in [7, 11) is 0. The van der Waals surface area contributed by atoms with Crippen molar-refractivity contribution < 1.29 is 0 Å². The Hall–Kier alpha value is -5.10. The predicted octanol–water partition coefficient (Wildman–Crippen LogP) is 10.9. The summed E-state index contributed by atoms with van der Waals surface area (Å²) in [6.07, 6.45) is 4.06. The van der Waals surface area contributed by atoms with Gasteiger partial charge in [-0.1, -0.05) is 60.7 Å². The largest absolute Gasteiger partial charge is 0.321 e. The molecule has 8 rings (SSSR count).